The van der Waals surface area contributed by atoms with Crippen LogP contribution < -0.4 is 0 Å². The standard InChI is InChI=1S/C12H21ClO4/c1-8(2)6-16-11(14)5-10(13)12(15)17-7-9(3)4/h8-10H,5-7H2,1-4H3/t10-/m1/s1. The molecule has 0 aromatic carbocycles. The van der Waals surface area contributed by atoms with Gasteiger partial charge in [-0.15, -0.1) is 11.6 Å². The molecule has 0 heterocycles. The lowest BCUT2D eigenvalue weighted by atomic mass is 10.2. The Morgan fingerprint density at radius 2 is 1.47 bits per heavy atom. The van der Waals surface area contributed by atoms with Gasteiger partial charge in [0.1, 0.15) is 5.38 Å². The van der Waals surface area contributed by atoms with E-state index in [-0.39, 0.29) is 18.3 Å². The van der Waals surface area contributed by atoms with Gasteiger partial charge in [0, 0.05) is 0 Å². The van der Waals surface area contributed by atoms with Crippen molar-refractivity contribution in [3.05, 3.63) is 0 Å². The van der Waals surface area contributed by atoms with Crippen molar-refractivity contribution in [3.63, 3.8) is 0 Å². The van der Waals surface area contributed by atoms with Gasteiger partial charge < -0.3 is 9.47 Å². The van der Waals surface area contributed by atoms with Crippen molar-refractivity contribution in [1.29, 1.82) is 0 Å². The first-order valence-electron chi connectivity index (χ1n) is 5.79. The predicted octanol–water partition coefficient (Wildman–Crippen LogP) is 2.38. The number of hydrogen-bond acceptors (Lipinski definition) is 4. The zero-order chi connectivity index (χ0) is 13.4. The van der Waals surface area contributed by atoms with Gasteiger partial charge in [0.2, 0.25) is 0 Å². The highest BCUT2D eigenvalue weighted by atomic mass is 35.5. The topological polar surface area (TPSA) is 52.6 Å². The van der Waals surface area contributed by atoms with Gasteiger partial charge in [0.05, 0.1) is 19.6 Å². The van der Waals surface area contributed by atoms with Crippen LogP contribution in [0.4, 0.5) is 0 Å². The van der Waals surface area contributed by atoms with E-state index in [0.717, 1.165) is 0 Å². The molecular weight excluding hydrogens is 244 g/mol. The molecule has 0 aliphatic rings. The van der Waals surface area contributed by atoms with E-state index < -0.39 is 17.3 Å². The average molecular weight is 265 g/mol. The summed E-state index contributed by atoms with van der Waals surface area (Å²) in [6.45, 7) is 8.36. The van der Waals surface area contributed by atoms with Crippen molar-refractivity contribution in [3.8, 4) is 0 Å². The maximum Gasteiger partial charge on any atom is 0.324 e. The molecule has 0 amide bonds. The summed E-state index contributed by atoms with van der Waals surface area (Å²) < 4.78 is 9.83. The van der Waals surface area contributed by atoms with Crippen LogP contribution in [0.25, 0.3) is 0 Å². The minimum absolute atomic E-state index is 0.148. The van der Waals surface area contributed by atoms with Gasteiger partial charge in [0.15, 0.2) is 0 Å². The number of hydrogen-bond donors (Lipinski definition) is 0. The van der Waals surface area contributed by atoms with Crippen molar-refractivity contribution >= 4 is 23.5 Å². The Morgan fingerprint density at radius 3 is 1.94 bits per heavy atom. The van der Waals surface area contributed by atoms with Crippen molar-refractivity contribution in [2.24, 2.45) is 11.8 Å². The highest BCUT2D eigenvalue weighted by molar-refractivity contribution is 6.30. The van der Waals surface area contributed by atoms with E-state index in [9.17, 15) is 9.59 Å². The molecule has 0 saturated carbocycles. The Hall–Kier alpha value is -0.770. The summed E-state index contributed by atoms with van der Waals surface area (Å²) in [5.74, 6) is -0.529. The van der Waals surface area contributed by atoms with E-state index in [2.05, 4.69) is 0 Å². The second-order valence-corrected chi connectivity index (χ2v) is 5.30. The Kier molecular flexibility index (Phi) is 7.96. The molecular formula is C12H21ClO4. The lowest BCUT2D eigenvalue weighted by Crippen LogP contribution is -2.24. The minimum Gasteiger partial charge on any atom is -0.465 e. The van der Waals surface area contributed by atoms with Crippen LogP contribution in [0.15, 0.2) is 0 Å². The molecule has 0 radical (unpaired) electrons. The summed E-state index contributed by atoms with van der Waals surface area (Å²) in [5.41, 5.74) is 0. The summed E-state index contributed by atoms with van der Waals surface area (Å²) in [6.07, 6.45) is -0.148. The third kappa shape index (κ3) is 8.98. The molecule has 0 aromatic rings. The largest absolute Gasteiger partial charge is 0.465 e. The van der Waals surface area contributed by atoms with Crippen LogP contribution in [-0.2, 0) is 19.1 Å². The quantitative estimate of drug-likeness (QED) is 0.523. The van der Waals surface area contributed by atoms with Crippen LogP contribution in [0, 0.1) is 11.8 Å². The summed E-state index contributed by atoms with van der Waals surface area (Å²) in [5, 5.41) is -0.964. The molecule has 5 heteroatoms. The molecule has 0 aliphatic heterocycles. The first kappa shape index (κ1) is 16.2. The fourth-order valence-electron chi connectivity index (χ4n) is 0.887. The SMILES string of the molecule is CC(C)COC(=O)C[C@@H](Cl)C(=O)OCC(C)C. The molecule has 0 bridgehead atoms. The van der Waals surface area contributed by atoms with Gasteiger partial charge in [-0.05, 0) is 11.8 Å². The minimum atomic E-state index is -0.964. The smallest absolute Gasteiger partial charge is 0.324 e. The van der Waals surface area contributed by atoms with Crippen molar-refractivity contribution in [1.82, 2.24) is 0 Å². The highest BCUT2D eigenvalue weighted by Gasteiger charge is 2.22. The maximum absolute atomic E-state index is 11.4. The van der Waals surface area contributed by atoms with Gasteiger partial charge in [-0.3, -0.25) is 9.59 Å². The van der Waals surface area contributed by atoms with Crippen molar-refractivity contribution < 1.29 is 19.1 Å². The molecule has 17 heavy (non-hydrogen) atoms. The van der Waals surface area contributed by atoms with Gasteiger partial charge >= 0.3 is 11.9 Å². The Labute approximate surface area is 108 Å². The zero-order valence-corrected chi connectivity index (χ0v) is 11.6. The fourth-order valence-corrected chi connectivity index (χ4v) is 1.08. The lowest BCUT2D eigenvalue weighted by Gasteiger charge is -2.12. The second kappa shape index (κ2) is 8.34. The number of halogens is 1. The highest BCUT2D eigenvalue weighted by Crippen LogP contribution is 2.08. The lowest BCUT2D eigenvalue weighted by molar-refractivity contribution is -0.151. The third-order valence-corrected chi connectivity index (χ3v) is 2.07. The van der Waals surface area contributed by atoms with Crippen LogP contribution in [-0.4, -0.2) is 30.5 Å². The molecule has 100 valence electrons. The van der Waals surface area contributed by atoms with Crippen LogP contribution in [0.1, 0.15) is 34.1 Å². The molecule has 0 aromatic heterocycles. The molecule has 0 fully saturated rings. The van der Waals surface area contributed by atoms with Crippen LogP contribution in [0.5, 0.6) is 0 Å². The monoisotopic (exact) mass is 264 g/mol. The zero-order valence-electron chi connectivity index (χ0n) is 10.9. The van der Waals surface area contributed by atoms with E-state index in [1.54, 1.807) is 0 Å². The van der Waals surface area contributed by atoms with Gasteiger partial charge in [0.25, 0.3) is 0 Å². The Balaban J connectivity index is 3.86. The summed E-state index contributed by atoms with van der Waals surface area (Å²) >= 11 is 5.75. The maximum atomic E-state index is 11.4. The number of carbonyl (C=O) groups excluding carboxylic acids is 2. The van der Waals surface area contributed by atoms with Crippen molar-refractivity contribution in [2.45, 2.75) is 39.5 Å². The van der Waals surface area contributed by atoms with Gasteiger partial charge in [-0.2, -0.15) is 0 Å². The summed E-state index contributed by atoms with van der Waals surface area (Å²) in [7, 11) is 0. The molecule has 1 atom stereocenters. The predicted molar refractivity (Wildman–Crippen MR) is 65.9 cm³/mol. The summed E-state index contributed by atoms with van der Waals surface area (Å²) in [4.78, 5) is 22.6. The van der Waals surface area contributed by atoms with E-state index in [0.29, 0.717) is 13.2 Å². The number of rotatable bonds is 7. The number of alkyl halides is 1. The normalized spacial score (nSPS) is 12.6. The van der Waals surface area contributed by atoms with Crippen LogP contribution >= 0.6 is 11.6 Å². The molecule has 0 unspecified atom stereocenters. The van der Waals surface area contributed by atoms with Crippen LogP contribution in [0.2, 0.25) is 0 Å². The molecule has 0 aliphatic carbocycles. The third-order valence-electron chi connectivity index (χ3n) is 1.74. The Bertz CT molecular complexity index is 251. The van der Waals surface area contributed by atoms with E-state index >= 15 is 0 Å². The van der Waals surface area contributed by atoms with Gasteiger partial charge in [-0.25, -0.2) is 0 Å². The molecule has 0 rings (SSSR count). The molecule has 0 spiro atoms. The van der Waals surface area contributed by atoms with E-state index in [1.807, 2.05) is 27.7 Å². The number of carbonyl (C=O) groups is 2. The Morgan fingerprint density at radius 1 is 1.00 bits per heavy atom. The van der Waals surface area contributed by atoms with E-state index in [4.69, 9.17) is 21.1 Å². The van der Waals surface area contributed by atoms with Gasteiger partial charge in [-0.1, -0.05) is 27.7 Å². The number of esters is 2. The second-order valence-electron chi connectivity index (χ2n) is 4.77. The first-order chi connectivity index (χ1) is 7.82. The summed E-state index contributed by atoms with van der Waals surface area (Å²) in [6, 6.07) is 0. The first-order valence-corrected chi connectivity index (χ1v) is 6.22. The van der Waals surface area contributed by atoms with E-state index in [1.165, 1.54) is 0 Å². The molecule has 0 N–H and O–H groups in total. The number of ether oxygens (including phenoxy) is 2. The van der Waals surface area contributed by atoms with Crippen molar-refractivity contribution in [2.75, 3.05) is 13.2 Å². The average Bonchev–Trinajstić information content (AvgIpc) is 2.22. The van der Waals surface area contributed by atoms with Crippen LogP contribution in [0.3, 0.4) is 0 Å². The molecule has 4 nitrogen and oxygen atoms in total. The molecule has 0 saturated heterocycles. The fraction of sp³-hybridized carbons (Fsp3) is 0.833.